The molecule has 25 nitrogen and oxygen atoms in total. The van der Waals surface area contributed by atoms with Crippen molar-refractivity contribution in [3.8, 4) is 0 Å². The highest BCUT2D eigenvalue weighted by Gasteiger charge is 2.41. The number of carbonyl (C=O) groups excluding carboxylic acids is 9. The summed E-state index contributed by atoms with van der Waals surface area (Å²) in [5, 5.41) is 46.9. The zero-order valence-electron chi connectivity index (χ0n) is 38.6. The summed E-state index contributed by atoms with van der Waals surface area (Å²) in [7, 11) is 1.91. The van der Waals surface area contributed by atoms with Crippen molar-refractivity contribution in [2.24, 2.45) is 22.6 Å². The van der Waals surface area contributed by atoms with E-state index in [-0.39, 0.29) is 29.4 Å². The van der Waals surface area contributed by atoms with Gasteiger partial charge < -0.3 is 74.8 Å². The molecule has 388 valence electrons. The van der Waals surface area contributed by atoms with Gasteiger partial charge in [-0.1, -0.05) is 42.4 Å². The van der Waals surface area contributed by atoms with Crippen LogP contribution in [0.5, 0.6) is 0 Å². The number of primary amides is 1. The van der Waals surface area contributed by atoms with Crippen molar-refractivity contribution in [2.75, 3.05) is 37.7 Å². The van der Waals surface area contributed by atoms with E-state index in [1.807, 2.05) is 20.8 Å². The van der Waals surface area contributed by atoms with E-state index in [4.69, 9.17) is 22.6 Å². The third-order valence-corrected chi connectivity index (χ3v) is 13.1. The van der Waals surface area contributed by atoms with Gasteiger partial charge in [-0.3, -0.25) is 53.4 Å². The first-order valence-electron chi connectivity index (χ1n) is 21.8. The number of nitrogens with zero attached hydrogens (tertiary/aromatic N) is 1. The minimum atomic E-state index is -1.78. The first kappa shape index (κ1) is 58.0. The van der Waals surface area contributed by atoms with Crippen LogP contribution >= 0.6 is 21.6 Å². The number of carboxylic acids is 1. The number of aliphatic hydroxyl groups excluding tert-OH is 1. The molecule has 0 radical (unpaired) electrons. The summed E-state index contributed by atoms with van der Waals surface area (Å²) >= 11 is 0. The zero-order chi connectivity index (χ0) is 52.5. The van der Waals surface area contributed by atoms with E-state index >= 15 is 0 Å². The molecule has 2 saturated heterocycles. The highest BCUT2D eigenvalue weighted by molar-refractivity contribution is 8.76. The van der Waals surface area contributed by atoms with Crippen molar-refractivity contribution in [2.45, 2.75) is 108 Å². The number of fused-ring (bicyclic) bond motifs is 1. The van der Waals surface area contributed by atoms with Crippen LogP contribution in [0.25, 0.3) is 0 Å². The molecule has 0 aliphatic carbocycles. The normalized spacial score (nSPS) is 24.6. The molecule has 9 amide bonds. The first-order chi connectivity index (χ1) is 32.7. The average Bonchev–Trinajstić information content (AvgIpc) is 3.65. The van der Waals surface area contributed by atoms with Crippen molar-refractivity contribution in [3.05, 3.63) is 35.4 Å². The second kappa shape index (κ2) is 27.2. The smallest absolute Gasteiger partial charge is 0.305 e. The maximum atomic E-state index is 14.1. The molecule has 0 bridgehead atoms. The first-order valence-corrected chi connectivity index (χ1v) is 24.3. The molecule has 1 aromatic carbocycles. The van der Waals surface area contributed by atoms with E-state index in [0.717, 1.165) is 38.6 Å². The summed E-state index contributed by atoms with van der Waals surface area (Å²) in [6.45, 7) is 3.64. The fraction of sp³-hybridized carbons (Fsp3) is 0.585. The van der Waals surface area contributed by atoms with Gasteiger partial charge in [0, 0.05) is 49.5 Å². The number of carboxylic acid groups (broad SMARTS) is 1. The largest absolute Gasteiger partial charge is 0.481 e. The molecule has 3 rings (SSSR count). The summed E-state index contributed by atoms with van der Waals surface area (Å²) in [5.41, 5.74) is 16.3. The summed E-state index contributed by atoms with van der Waals surface area (Å²) in [4.78, 5) is 133. The summed E-state index contributed by atoms with van der Waals surface area (Å²) < 4.78 is 28.3. The van der Waals surface area contributed by atoms with Crippen molar-refractivity contribution in [3.63, 3.8) is 0 Å². The molecule has 2 unspecified atom stereocenters. The maximum absolute atomic E-state index is 14.1. The number of rotatable bonds is 12. The zero-order valence-corrected chi connectivity index (χ0v) is 40.2. The molecule has 0 saturated carbocycles. The summed E-state index contributed by atoms with van der Waals surface area (Å²) in [6.07, 6.45) is -3.14. The van der Waals surface area contributed by atoms with E-state index in [0.29, 0.717) is 25.5 Å². The van der Waals surface area contributed by atoms with E-state index in [2.05, 4.69) is 42.5 Å². The van der Waals surface area contributed by atoms with Crippen molar-refractivity contribution in [1.29, 1.82) is 5.41 Å². The number of aliphatic carboxylic acids is 1. The number of aliphatic hydroxyl groups is 1. The van der Waals surface area contributed by atoms with Crippen molar-refractivity contribution >= 4 is 86.7 Å². The van der Waals surface area contributed by atoms with Gasteiger partial charge in [0.15, 0.2) is 5.96 Å². The predicted molar refractivity (Wildman–Crippen MR) is 249 cm³/mol. The third-order valence-electron chi connectivity index (χ3n) is 10.7. The van der Waals surface area contributed by atoms with Crippen LogP contribution in [0.2, 0.25) is 0 Å². The van der Waals surface area contributed by atoms with Gasteiger partial charge in [0.1, 0.15) is 41.8 Å². The number of nitrogens with two attached hydrogens (primary N) is 3. The van der Waals surface area contributed by atoms with Gasteiger partial charge in [-0.05, 0) is 36.0 Å². The number of nitrogens with one attached hydrogen (secondary N) is 9. The molecule has 2 heterocycles. The lowest BCUT2D eigenvalue weighted by Crippen LogP contribution is -2.59. The molecule has 70 heavy (non-hydrogen) atoms. The highest BCUT2D eigenvalue weighted by atomic mass is 33.1. The number of benzene rings is 1. The highest BCUT2D eigenvalue weighted by Crippen LogP contribution is 2.26. The van der Waals surface area contributed by atoms with Crippen LogP contribution in [0, 0.1) is 22.5 Å². The molecule has 0 aromatic heterocycles. The van der Waals surface area contributed by atoms with Crippen LogP contribution in [0.3, 0.4) is 0 Å². The van der Waals surface area contributed by atoms with Crippen LogP contribution in [0.4, 0.5) is 8.78 Å². The van der Waals surface area contributed by atoms with Gasteiger partial charge in [-0.25, -0.2) is 8.78 Å². The third kappa shape index (κ3) is 19.6. The quantitative estimate of drug-likeness (QED) is 0.0406. The van der Waals surface area contributed by atoms with Gasteiger partial charge in [-0.2, -0.15) is 0 Å². The van der Waals surface area contributed by atoms with Crippen LogP contribution in [-0.2, 0) is 54.4 Å². The second-order valence-corrected chi connectivity index (χ2v) is 20.1. The van der Waals surface area contributed by atoms with E-state index in [1.54, 1.807) is 0 Å². The molecule has 2 aliphatic rings. The lowest BCUT2D eigenvalue weighted by atomic mass is 9.84. The van der Waals surface area contributed by atoms with Crippen LogP contribution in [0.1, 0.15) is 58.4 Å². The lowest BCUT2D eigenvalue weighted by molar-refractivity contribution is -0.141. The number of guanidine groups is 1. The number of amides is 9. The Hall–Kier alpha value is -6.33. The number of hydrogen-bond acceptors (Lipinski definition) is 15. The van der Waals surface area contributed by atoms with Crippen LogP contribution in [0.15, 0.2) is 18.2 Å². The molecular formula is C41H61F2N13O12S2. The Balaban J connectivity index is 2.00. The molecule has 2 fully saturated rings. The van der Waals surface area contributed by atoms with E-state index in [9.17, 15) is 66.9 Å². The molecule has 8 atom stereocenters. The minimum Gasteiger partial charge on any atom is -0.481 e. The Bertz CT molecular complexity index is 2120. The number of halogens is 2. The number of hydrogen-bond donors (Lipinski definition) is 14. The monoisotopic (exact) mass is 1030 g/mol. The molecule has 17 N–H and O–H groups in total. The molecule has 2 aliphatic heterocycles. The molecular weight excluding hydrogens is 969 g/mol. The Labute approximate surface area is 408 Å². The topological polar surface area (TPSA) is 413 Å². The fourth-order valence-electron chi connectivity index (χ4n) is 7.07. The van der Waals surface area contributed by atoms with Gasteiger partial charge in [0.2, 0.25) is 53.2 Å². The molecule has 0 spiro atoms. The Kier molecular flexibility index (Phi) is 22.5. The Morgan fingerprint density at radius 2 is 1.44 bits per heavy atom. The molecule has 1 aromatic rings. The summed E-state index contributed by atoms with van der Waals surface area (Å²) in [6, 6.07) is -7.73. The van der Waals surface area contributed by atoms with Gasteiger partial charge in [-0.15, -0.1) is 0 Å². The predicted octanol–water partition coefficient (Wildman–Crippen LogP) is -4.49. The average molecular weight is 1030 g/mol. The maximum Gasteiger partial charge on any atom is 0.305 e. The van der Waals surface area contributed by atoms with Gasteiger partial charge in [0.05, 0.1) is 38.1 Å². The minimum absolute atomic E-state index is 0.129. The summed E-state index contributed by atoms with van der Waals surface area (Å²) in [5.74, 6) is -13.4. The molecule has 29 heteroatoms. The number of carbonyl (C=O) groups is 10. The van der Waals surface area contributed by atoms with Crippen LogP contribution in [-0.4, -0.2) is 166 Å². The standard InChI is InChI=1S/C41H61F2N13O12S2/c1-41(2,3)29(5-4-6-48-40(46)47)55-38(67)27-18-70-69-17-23(44)34(63)52-26(13-33(61)62)36(65)49-14-31(59)51-24(9-19-7-20(42)10-21(43)8-19)35(64)50-15-32(60)56-16-22(57)11-28(56)39(68)53-25(12-30(45)58)37(66)54-27/h7-8,10,22-29,57H,4-6,9,11-18,44H2,1-3H3,(H2,45,58)(H,49,65)(H,50,64)(H,51,59)(H,52,63)(H,53,68)(H,54,66)(H,55,67)(H,61,62)(H4,46,47,48)/t22?,23-,24?,25+,26-,27-,28+,29+/m1/s1. The SMILES string of the molecule is CC(C)(C)[C@H](CCCNC(=N)N)NC(=O)[C@H]1CSSC[C@@H](N)C(=O)N[C@H](CC(=O)O)C(=O)NCC(=O)NC(Cc2cc(F)cc(F)c2)C(=O)NCC(=O)N2CC(O)C[C@H]2C(=O)N[C@@H](CC(N)=O)C(=O)N1. The van der Waals surface area contributed by atoms with Crippen molar-refractivity contribution < 1.29 is 66.9 Å². The second-order valence-electron chi connectivity index (χ2n) is 17.5. The van der Waals surface area contributed by atoms with Gasteiger partial charge in [0.25, 0.3) is 0 Å². The van der Waals surface area contributed by atoms with E-state index < -0.39 is 163 Å². The van der Waals surface area contributed by atoms with E-state index in [1.165, 1.54) is 0 Å². The lowest BCUT2D eigenvalue weighted by Gasteiger charge is -2.33. The Morgan fingerprint density at radius 3 is 2.06 bits per heavy atom. The van der Waals surface area contributed by atoms with Gasteiger partial charge >= 0.3 is 5.97 Å². The van der Waals surface area contributed by atoms with Crippen molar-refractivity contribution in [1.82, 2.24) is 47.4 Å². The Morgan fingerprint density at radius 1 is 0.843 bits per heavy atom. The van der Waals surface area contributed by atoms with Crippen LogP contribution < -0.4 is 59.7 Å². The fourth-order valence-corrected chi connectivity index (χ4v) is 9.35.